The van der Waals surface area contributed by atoms with Gasteiger partial charge in [-0.15, -0.1) is 0 Å². The molecule has 1 saturated heterocycles. The lowest BCUT2D eigenvalue weighted by Gasteiger charge is -2.29. The van der Waals surface area contributed by atoms with Crippen molar-refractivity contribution in [2.45, 2.75) is 31.4 Å². The Bertz CT molecular complexity index is 963. The lowest BCUT2D eigenvalue weighted by atomic mass is 9.98. The van der Waals surface area contributed by atoms with Gasteiger partial charge in [-0.25, -0.2) is 17.7 Å². The number of sulfonamides is 1. The number of oxazole rings is 1. The van der Waals surface area contributed by atoms with Crippen molar-refractivity contribution in [3.8, 4) is 0 Å². The molecule has 0 spiro atoms. The van der Waals surface area contributed by atoms with Crippen LogP contribution in [0, 0.1) is 6.92 Å². The second kappa shape index (κ2) is 8.23. The molecule has 1 aromatic heterocycles. The highest BCUT2D eigenvalue weighted by Crippen LogP contribution is 2.30. The summed E-state index contributed by atoms with van der Waals surface area (Å²) in [6.07, 6.45) is 1.20. The summed E-state index contributed by atoms with van der Waals surface area (Å²) in [5, 5.41) is 0.522. The Balaban J connectivity index is 1.66. The number of rotatable bonds is 5. The van der Waals surface area contributed by atoms with Crippen molar-refractivity contribution in [1.29, 1.82) is 0 Å². The van der Waals surface area contributed by atoms with E-state index < -0.39 is 10.0 Å². The number of halogens is 1. The van der Waals surface area contributed by atoms with Crippen LogP contribution in [0.15, 0.2) is 28.7 Å². The summed E-state index contributed by atoms with van der Waals surface area (Å²) in [5.74, 6) is 0.728. The Hall–Kier alpha value is -1.90. The summed E-state index contributed by atoms with van der Waals surface area (Å²) < 4.78 is 32.7. The second-order valence-electron chi connectivity index (χ2n) is 7.22. The van der Waals surface area contributed by atoms with Crippen LogP contribution < -0.4 is 0 Å². The van der Waals surface area contributed by atoms with Crippen molar-refractivity contribution in [3.05, 3.63) is 52.2 Å². The first-order valence-electron chi connectivity index (χ1n) is 9.08. The van der Waals surface area contributed by atoms with E-state index >= 15 is 0 Å². The van der Waals surface area contributed by atoms with Gasteiger partial charge in [0.1, 0.15) is 5.76 Å². The van der Waals surface area contributed by atoms with E-state index in [0.29, 0.717) is 53.9 Å². The van der Waals surface area contributed by atoms with Crippen molar-refractivity contribution in [2.24, 2.45) is 0 Å². The van der Waals surface area contributed by atoms with Crippen LogP contribution in [0.5, 0.6) is 0 Å². The van der Waals surface area contributed by atoms with Gasteiger partial charge in [0.25, 0.3) is 5.91 Å². The maximum atomic E-state index is 12.7. The topological polar surface area (TPSA) is 83.7 Å². The van der Waals surface area contributed by atoms with Gasteiger partial charge in [-0.3, -0.25) is 4.79 Å². The van der Waals surface area contributed by atoms with Crippen LogP contribution in [0.3, 0.4) is 0 Å². The molecule has 3 rings (SSSR count). The molecule has 1 aromatic carbocycles. The predicted octanol–water partition coefficient (Wildman–Crippen LogP) is 3.05. The maximum absolute atomic E-state index is 12.7. The minimum atomic E-state index is -3.42. The van der Waals surface area contributed by atoms with E-state index in [-0.39, 0.29) is 17.6 Å². The quantitative estimate of drug-likeness (QED) is 0.735. The lowest BCUT2D eigenvalue weighted by molar-refractivity contribution is 0.0821. The largest absolute Gasteiger partial charge is 0.445 e. The Kier molecular flexibility index (Phi) is 6.12. The molecule has 9 heteroatoms. The first-order valence-corrected chi connectivity index (χ1v) is 11.1. The van der Waals surface area contributed by atoms with Gasteiger partial charge in [0.05, 0.1) is 5.75 Å². The van der Waals surface area contributed by atoms with Crippen LogP contribution in [0.4, 0.5) is 0 Å². The molecule has 1 aliphatic rings. The van der Waals surface area contributed by atoms with Crippen LogP contribution in [-0.4, -0.2) is 55.7 Å². The number of nitrogens with zero attached hydrogens (tertiary/aromatic N) is 3. The number of amides is 1. The molecule has 152 valence electrons. The van der Waals surface area contributed by atoms with Crippen LogP contribution in [-0.2, 0) is 15.8 Å². The second-order valence-corrected chi connectivity index (χ2v) is 9.62. The van der Waals surface area contributed by atoms with Gasteiger partial charge >= 0.3 is 0 Å². The van der Waals surface area contributed by atoms with Crippen LogP contribution in [0.1, 0.15) is 46.5 Å². The molecular weight excluding hydrogens is 402 g/mol. The fourth-order valence-electron chi connectivity index (χ4n) is 3.31. The van der Waals surface area contributed by atoms with E-state index in [2.05, 4.69) is 4.98 Å². The SMILES string of the molecule is Cc1oc(C2CCN(S(=O)(=O)Cc3cccc(Cl)c3)CC2)nc1C(=O)N(C)C. The third kappa shape index (κ3) is 4.56. The lowest BCUT2D eigenvalue weighted by Crippen LogP contribution is -2.38. The monoisotopic (exact) mass is 425 g/mol. The number of benzene rings is 1. The van der Waals surface area contributed by atoms with E-state index in [0.717, 1.165) is 0 Å². The Morgan fingerprint density at radius 3 is 2.61 bits per heavy atom. The Morgan fingerprint density at radius 1 is 1.32 bits per heavy atom. The molecule has 0 aliphatic carbocycles. The molecule has 7 nitrogen and oxygen atoms in total. The van der Waals surface area contributed by atoms with Crippen molar-refractivity contribution >= 4 is 27.5 Å². The summed E-state index contributed by atoms with van der Waals surface area (Å²) in [7, 11) is -0.0914. The van der Waals surface area contributed by atoms with E-state index in [1.54, 1.807) is 45.3 Å². The minimum absolute atomic E-state index is 0.0000296. The Labute approximate surface area is 170 Å². The van der Waals surface area contributed by atoms with Gasteiger partial charge < -0.3 is 9.32 Å². The molecule has 2 heterocycles. The zero-order valence-electron chi connectivity index (χ0n) is 16.2. The average Bonchev–Trinajstić information content (AvgIpc) is 3.02. The number of carbonyl (C=O) groups is 1. The molecule has 0 unspecified atom stereocenters. The highest BCUT2D eigenvalue weighted by molar-refractivity contribution is 7.88. The van der Waals surface area contributed by atoms with E-state index in [1.807, 2.05) is 0 Å². The third-order valence-corrected chi connectivity index (χ3v) is 6.94. The fraction of sp³-hybridized carbons (Fsp3) is 0.474. The number of hydrogen-bond acceptors (Lipinski definition) is 5. The predicted molar refractivity (Wildman–Crippen MR) is 107 cm³/mol. The van der Waals surface area contributed by atoms with Gasteiger partial charge in [-0.2, -0.15) is 0 Å². The first-order chi connectivity index (χ1) is 13.2. The van der Waals surface area contributed by atoms with Crippen molar-refractivity contribution in [2.75, 3.05) is 27.2 Å². The van der Waals surface area contributed by atoms with Crippen molar-refractivity contribution in [3.63, 3.8) is 0 Å². The smallest absolute Gasteiger partial charge is 0.275 e. The van der Waals surface area contributed by atoms with E-state index in [4.69, 9.17) is 16.0 Å². The molecule has 1 fully saturated rings. The Morgan fingerprint density at radius 2 is 2.00 bits per heavy atom. The molecule has 1 amide bonds. The molecule has 0 atom stereocenters. The zero-order valence-corrected chi connectivity index (χ0v) is 17.8. The first kappa shape index (κ1) is 20.8. The average molecular weight is 426 g/mol. The summed E-state index contributed by atoms with van der Waals surface area (Å²) in [4.78, 5) is 18.0. The molecule has 28 heavy (non-hydrogen) atoms. The molecule has 0 N–H and O–H groups in total. The summed E-state index contributed by atoms with van der Waals surface area (Å²) in [5.41, 5.74) is 0.987. The van der Waals surface area contributed by atoms with Gasteiger partial charge in [-0.05, 0) is 37.5 Å². The van der Waals surface area contributed by atoms with Crippen molar-refractivity contribution in [1.82, 2.24) is 14.2 Å². The normalized spacial score (nSPS) is 16.3. The molecule has 0 saturated carbocycles. The minimum Gasteiger partial charge on any atom is -0.445 e. The molecule has 1 aliphatic heterocycles. The number of hydrogen-bond donors (Lipinski definition) is 0. The fourth-order valence-corrected chi connectivity index (χ4v) is 5.07. The van der Waals surface area contributed by atoms with E-state index in [9.17, 15) is 13.2 Å². The highest BCUT2D eigenvalue weighted by atomic mass is 35.5. The standard InChI is InChI=1S/C19H24ClN3O4S/c1-13-17(19(24)22(2)3)21-18(27-13)15-7-9-23(10-8-15)28(25,26)12-14-5-4-6-16(20)11-14/h4-6,11,15H,7-10,12H2,1-3H3. The summed E-state index contributed by atoms with van der Waals surface area (Å²) >= 11 is 5.95. The van der Waals surface area contributed by atoms with Crippen LogP contribution >= 0.6 is 11.6 Å². The third-order valence-electron chi connectivity index (χ3n) is 4.86. The summed E-state index contributed by atoms with van der Waals surface area (Å²) in [6, 6.07) is 6.90. The molecular formula is C19H24ClN3O4S. The number of carbonyl (C=O) groups excluding carboxylic acids is 1. The molecule has 0 radical (unpaired) electrons. The van der Waals surface area contributed by atoms with Crippen LogP contribution in [0.25, 0.3) is 0 Å². The number of aryl methyl sites for hydroxylation is 1. The van der Waals surface area contributed by atoms with E-state index in [1.165, 1.54) is 9.21 Å². The van der Waals surface area contributed by atoms with Gasteiger partial charge in [-0.1, -0.05) is 23.7 Å². The van der Waals surface area contributed by atoms with Crippen molar-refractivity contribution < 1.29 is 17.6 Å². The van der Waals surface area contributed by atoms with Gasteiger partial charge in [0, 0.05) is 38.1 Å². The molecule has 0 bridgehead atoms. The maximum Gasteiger partial charge on any atom is 0.275 e. The number of piperidine rings is 1. The highest BCUT2D eigenvalue weighted by Gasteiger charge is 2.32. The van der Waals surface area contributed by atoms with Gasteiger partial charge in [0.15, 0.2) is 11.6 Å². The van der Waals surface area contributed by atoms with Crippen LogP contribution in [0.2, 0.25) is 5.02 Å². The number of aromatic nitrogens is 1. The van der Waals surface area contributed by atoms with Gasteiger partial charge in [0.2, 0.25) is 10.0 Å². The zero-order chi connectivity index (χ0) is 20.5. The summed E-state index contributed by atoms with van der Waals surface area (Å²) in [6.45, 7) is 2.51. The molecule has 2 aromatic rings.